The number of unbranched alkanes of at least 4 members (excludes halogenated alkanes) is 7. The first kappa shape index (κ1) is 16.9. The molecule has 3 nitrogen and oxygen atoms in total. The summed E-state index contributed by atoms with van der Waals surface area (Å²) in [4.78, 5) is 2.55. The van der Waals surface area contributed by atoms with Crippen molar-refractivity contribution in [1.82, 2.24) is 15.5 Å². The highest BCUT2D eigenvalue weighted by Gasteiger charge is 2.07. The van der Waals surface area contributed by atoms with Crippen molar-refractivity contribution in [2.24, 2.45) is 0 Å². The monoisotopic (exact) mass is 269 g/mol. The summed E-state index contributed by atoms with van der Waals surface area (Å²) in [5.74, 6) is 0. The van der Waals surface area contributed by atoms with Crippen molar-refractivity contribution >= 4 is 0 Å². The molecular formula is C16H35N3. The molecule has 1 aliphatic heterocycles. The van der Waals surface area contributed by atoms with Crippen LogP contribution in [0.15, 0.2) is 0 Å². The Kier molecular flexibility index (Phi) is 11.5. The van der Waals surface area contributed by atoms with E-state index in [4.69, 9.17) is 0 Å². The van der Waals surface area contributed by atoms with Crippen molar-refractivity contribution in [2.75, 3.05) is 45.8 Å². The summed E-state index contributed by atoms with van der Waals surface area (Å²) in [5.41, 5.74) is 0. The molecule has 1 heterocycles. The van der Waals surface area contributed by atoms with Crippen LogP contribution < -0.4 is 10.6 Å². The molecule has 0 amide bonds. The zero-order chi connectivity index (χ0) is 13.6. The van der Waals surface area contributed by atoms with Crippen LogP contribution in [0.2, 0.25) is 0 Å². The van der Waals surface area contributed by atoms with Crippen LogP contribution in [0.5, 0.6) is 0 Å². The van der Waals surface area contributed by atoms with Crippen molar-refractivity contribution in [2.45, 2.75) is 58.3 Å². The van der Waals surface area contributed by atoms with E-state index in [-0.39, 0.29) is 0 Å². The summed E-state index contributed by atoms with van der Waals surface area (Å²) in [6.45, 7) is 10.7. The van der Waals surface area contributed by atoms with Crippen LogP contribution in [-0.2, 0) is 0 Å². The molecule has 1 fully saturated rings. The molecule has 114 valence electrons. The predicted molar refractivity (Wildman–Crippen MR) is 84.8 cm³/mol. The van der Waals surface area contributed by atoms with Crippen molar-refractivity contribution in [1.29, 1.82) is 0 Å². The Balaban J connectivity index is 1.71. The summed E-state index contributed by atoms with van der Waals surface area (Å²) in [6, 6.07) is 0. The molecule has 0 aromatic carbocycles. The second-order valence-electron chi connectivity index (χ2n) is 5.82. The van der Waals surface area contributed by atoms with Gasteiger partial charge in [-0.1, -0.05) is 51.9 Å². The van der Waals surface area contributed by atoms with E-state index in [2.05, 4.69) is 22.5 Å². The van der Waals surface area contributed by atoms with Gasteiger partial charge in [0.2, 0.25) is 0 Å². The van der Waals surface area contributed by atoms with Crippen LogP contribution >= 0.6 is 0 Å². The quantitative estimate of drug-likeness (QED) is 0.533. The average Bonchev–Trinajstić information content (AvgIpc) is 2.46. The van der Waals surface area contributed by atoms with Gasteiger partial charge in [-0.05, 0) is 13.0 Å². The van der Waals surface area contributed by atoms with E-state index >= 15 is 0 Å². The number of nitrogens with one attached hydrogen (secondary N) is 2. The molecule has 3 heteroatoms. The minimum absolute atomic E-state index is 1.16. The molecule has 2 N–H and O–H groups in total. The van der Waals surface area contributed by atoms with Crippen molar-refractivity contribution in [3.05, 3.63) is 0 Å². The smallest absolute Gasteiger partial charge is 0.0108 e. The van der Waals surface area contributed by atoms with Gasteiger partial charge in [-0.25, -0.2) is 0 Å². The first-order valence-electron chi connectivity index (χ1n) is 8.57. The molecule has 0 aliphatic carbocycles. The molecule has 0 radical (unpaired) electrons. The lowest BCUT2D eigenvalue weighted by Gasteiger charge is -2.27. The Hall–Kier alpha value is -0.120. The summed E-state index contributed by atoms with van der Waals surface area (Å²) in [5, 5.41) is 6.98. The fraction of sp³-hybridized carbons (Fsp3) is 1.00. The van der Waals surface area contributed by atoms with E-state index in [9.17, 15) is 0 Å². The summed E-state index contributed by atoms with van der Waals surface area (Å²) in [6.07, 6.45) is 11.3. The molecule has 19 heavy (non-hydrogen) atoms. The molecule has 1 rings (SSSR count). The predicted octanol–water partition coefficient (Wildman–Crippen LogP) is 2.62. The van der Waals surface area contributed by atoms with Gasteiger partial charge < -0.3 is 10.6 Å². The van der Waals surface area contributed by atoms with E-state index in [0.717, 1.165) is 19.6 Å². The molecule has 0 atom stereocenters. The first-order chi connectivity index (χ1) is 9.43. The van der Waals surface area contributed by atoms with Crippen LogP contribution in [0.4, 0.5) is 0 Å². The Morgan fingerprint density at radius 2 is 1.47 bits per heavy atom. The highest BCUT2D eigenvalue weighted by Crippen LogP contribution is 2.07. The van der Waals surface area contributed by atoms with Crippen molar-refractivity contribution in [3.63, 3.8) is 0 Å². The number of hydrogen-bond acceptors (Lipinski definition) is 3. The van der Waals surface area contributed by atoms with Gasteiger partial charge in [-0.15, -0.1) is 0 Å². The lowest BCUT2D eigenvalue weighted by molar-refractivity contribution is 0.241. The van der Waals surface area contributed by atoms with Gasteiger partial charge in [-0.3, -0.25) is 4.90 Å². The molecule has 0 aromatic heterocycles. The SMILES string of the molecule is CCCCCCCCCCNCCN1CCNCC1. The van der Waals surface area contributed by atoms with E-state index in [0.29, 0.717) is 0 Å². The highest BCUT2D eigenvalue weighted by atomic mass is 15.2. The Morgan fingerprint density at radius 1 is 0.842 bits per heavy atom. The molecule has 1 aliphatic rings. The lowest BCUT2D eigenvalue weighted by Crippen LogP contribution is -2.45. The maximum absolute atomic E-state index is 3.58. The highest BCUT2D eigenvalue weighted by molar-refractivity contribution is 4.68. The van der Waals surface area contributed by atoms with Crippen LogP contribution in [-0.4, -0.2) is 50.7 Å². The van der Waals surface area contributed by atoms with Gasteiger partial charge in [0.15, 0.2) is 0 Å². The number of hydrogen-bond donors (Lipinski definition) is 2. The third kappa shape index (κ3) is 10.3. The average molecular weight is 269 g/mol. The second-order valence-corrected chi connectivity index (χ2v) is 5.82. The van der Waals surface area contributed by atoms with Gasteiger partial charge >= 0.3 is 0 Å². The Bertz CT molecular complexity index is 179. The van der Waals surface area contributed by atoms with Gasteiger partial charge in [-0.2, -0.15) is 0 Å². The van der Waals surface area contributed by atoms with Crippen molar-refractivity contribution < 1.29 is 0 Å². The Labute approximate surface area is 120 Å². The lowest BCUT2D eigenvalue weighted by atomic mass is 10.1. The number of piperazine rings is 1. The van der Waals surface area contributed by atoms with E-state index in [1.54, 1.807) is 0 Å². The van der Waals surface area contributed by atoms with Gasteiger partial charge in [0, 0.05) is 39.3 Å². The van der Waals surface area contributed by atoms with Crippen LogP contribution in [0.25, 0.3) is 0 Å². The van der Waals surface area contributed by atoms with E-state index in [1.165, 1.54) is 77.5 Å². The third-order valence-corrected chi connectivity index (χ3v) is 4.02. The second kappa shape index (κ2) is 12.9. The summed E-state index contributed by atoms with van der Waals surface area (Å²) >= 11 is 0. The number of rotatable bonds is 12. The fourth-order valence-corrected chi connectivity index (χ4v) is 2.68. The molecule has 1 saturated heterocycles. The van der Waals surface area contributed by atoms with Crippen LogP contribution in [0.1, 0.15) is 58.3 Å². The molecule has 0 bridgehead atoms. The third-order valence-electron chi connectivity index (χ3n) is 4.02. The topological polar surface area (TPSA) is 27.3 Å². The molecule has 0 saturated carbocycles. The molecule has 0 unspecified atom stereocenters. The first-order valence-corrected chi connectivity index (χ1v) is 8.57. The normalized spacial score (nSPS) is 16.9. The number of nitrogens with zero attached hydrogens (tertiary/aromatic N) is 1. The molecule has 0 spiro atoms. The zero-order valence-electron chi connectivity index (χ0n) is 13.1. The Morgan fingerprint density at radius 3 is 2.16 bits per heavy atom. The fourth-order valence-electron chi connectivity index (χ4n) is 2.68. The van der Waals surface area contributed by atoms with Crippen molar-refractivity contribution in [3.8, 4) is 0 Å². The van der Waals surface area contributed by atoms with Gasteiger partial charge in [0.05, 0.1) is 0 Å². The van der Waals surface area contributed by atoms with Gasteiger partial charge in [0.25, 0.3) is 0 Å². The van der Waals surface area contributed by atoms with E-state index in [1.807, 2.05) is 0 Å². The summed E-state index contributed by atoms with van der Waals surface area (Å²) in [7, 11) is 0. The minimum atomic E-state index is 1.16. The van der Waals surface area contributed by atoms with Gasteiger partial charge in [0.1, 0.15) is 0 Å². The van der Waals surface area contributed by atoms with Crippen LogP contribution in [0.3, 0.4) is 0 Å². The van der Waals surface area contributed by atoms with Crippen LogP contribution in [0, 0.1) is 0 Å². The minimum Gasteiger partial charge on any atom is -0.315 e. The molecule has 0 aromatic rings. The summed E-state index contributed by atoms with van der Waals surface area (Å²) < 4.78 is 0. The van der Waals surface area contributed by atoms with E-state index < -0.39 is 0 Å². The zero-order valence-corrected chi connectivity index (χ0v) is 13.1. The largest absolute Gasteiger partial charge is 0.315 e. The maximum Gasteiger partial charge on any atom is 0.0108 e. The molecular weight excluding hydrogens is 234 g/mol. The standard InChI is InChI=1S/C16H35N3/c1-2-3-4-5-6-7-8-9-10-17-11-14-19-15-12-18-13-16-19/h17-18H,2-16H2,1H3. The maximum atomic E-state index is 3.58.